The number of hydrogen-bond acceptors (Lipinski definition) is 5. The van der Waals surface area contributed by atoms with E-state index in [0.717, 1.165) is 5.56 Å². The van der Waals surface area contributed by atoms with Gasteiger partial charge in [-0.2, -0.15) is 4.72 Å². The zero-order valence-corrected chi connectivity index (χ0v) is 19.0. The molecule has 3 aromatic rings. The number of hydrogen-bond donors (Lipinski definition) is 2. The highest BCUT2D eigenvalue weighted by atomic mass is 32.2. The van der Waals surface area contributed by atoms with Crippen molar-refractivity contribution in [3.05, 3.63) is 83.9 Å². The van der Waals surface area contributed by atoms with Crippen LogP contribution in [0.15, 0.2) is 77.7 Å². The second kappa shape index (κ2) is 10.3. The second-order valence-corrected chi connectivity index (χ2v) is 8.90. The van der Waals surface area contributed by atoms with Crippen LogP contribution >= 0.6 is 0 Å². The number of nitrogens with one attached hydrogen (secondary N) is 2. The molecule has 0 fully saturated rings. The highest BCUT2D eigenvalue weighted by molar-refractivity contribution is 7.89. The number of para-hydroxylation sites is 2. The molecule has 3 aromatic carbocycles. The molecule has 0 spiro atoms. The fourth-order valence-corrected chi connectivity index (χ4v) is 4.56. The maximum atomic E-state index is 13.1. The van der Waals surface area contributed by atoms with Crippen LogP contribution in [0.25, 0.3) is 0 Å². The molecule has 8 heteroatoms. The van der Waals surface area contributed by atoms with E-state index in [1.165, 1.54) is 26.4 Å². The molecule has 0 radical (unpaired) electrons. The third kappa shape index (κ3) is 5.66. The lowest BCUT2D eigenvalue weighted by atomic mass is 10.1. The van der Waals surface area contributed by atoms with Crippen molar-refractivity contribution in [1.29, 1.82) is 0 Å². The van der Waals surface area contributed by atoms with Crippen LogP contribution in [0.4, 0.5) is 5.69 Å². The molecule has 1 amide bonds. The Bertz CT molecular complexity index is 1180. The molecule has 0 saturated carbocycles. The minimum absolute atomic E-state index is 0.0546. The van der Waals surface area contributed by atoms with Gasteiger partial charge in [-0.15, -0.1) is 0 Å². The summed E-state index contributed by atoms with van der Waals surface area (Å²) in [5.74, 6) is 0.568. The van der Waals surface area contributed by atoms with Gasteiger partial charge in [0.1, 0.15) is 17.5 Å². The molecule has 7 nitrogen and oxygen atoms in total. The molecule has 168 valence electrons. The van der Waals surface area contributed by atoms with E-state index in [9.17, 15) is 13.2 Å². The molecule has 0 unspecified atom stereocenters. The van der Waals surface area contributed by atoms with E-state index in [1.807, 2.05) is 30.3 Å². The molecule has 0 aliphatic carbocycles. The summed E-state index contributed by atoms with van der Waals surface area (Å²) in [5, 5.41) is 2.77. The smallest absolute Gasteiger partial charge is 0.243 e. The first-order valence-electron chi connectivity index (χ1n) is 9.99. The van der Waals surface area contributed by atoms with E-state index in [0.29, 0.717) is 22.7 Å². The summed E-state index contributed by atoms with van der Waals surface area (Å²) in [7, 11) is -0.956. The molecule has 0 heterocycles. The monoisotopic (exact) mass is 454 g/mol. The van der Waals surface area contributed by atoms with Crippen molar-refractivity contribution in [2.75, 3.05) is 19.5 Å². The summed E-state index contributed by atoms with van der Waals surface area (Å²) >= 11 is 0. The Kier molecular flexibility index (Phi) is 7.50. The average molecular weight is 455 g/mol. The molecule has 1 atom stereocenters. The number of ether oxygens (including phenoxy) is 2. The lowest BCUT2D eigenvalue weighted by molar-refractivity contribution is -0.117. The first kappa shape index (κ1) is 23.3. The van der Waals surface area contributed by atoms with Gasteiger partial charge in [0.2, 0.25) is 15.9 Å². The lowest BCUT2D eigenvalue weighted by Crippen LogP contribution is -2.45. The van der Waals surface area contributed by atoms with Crippen LogP contribution in [0.3, 0.4) is 0 Å². The summed E-state index contributed by atoms with van der Waals surface area (Å²) in [6.45, 7) is 1.76. The van der Waals surface area contributed by atoms with Crippen LogP contribution in [0.1, 0.15) is 11.1 Å². The molecule has 3 rings (SSSR count). The number of sulfonamides is 1. The molecule has 0 aliphatic rings. The third-order valence-corrected chi connectivity index (χ3v) is 6.41. The zero-order valence-electron chi connectivity index (χ0n) is 18.2. The van der Waals surface area contributed by atoms with Gasteiger partial charge in [-0.3, -0.25) is 4.79 Å². The lowest BCUT2D eigenvalue weighted by Gasteiger charge is -2.20. The minimum atomic E-state index is -3.98. The van der Waals surface area contributed by atoms with Crippen molar-refractivity contribution in [2.24, 2.45) is 0 Å². The number of aryl methyl sites for hydroxylation is 1. The van der Waals surface area contributed by atoms with E-state index < -0.39 is 22.0 Å². The third-order valence-electron chi connectivity index (χ3n) is 4.94. The van der Waals surface area contributed by atoms with Crippen molar-refractivity contribution in [3.8, 4) is 11.5 Å². The van der Waals surface area contributed by atoms with Crippen LogP contribution in [0.2, 0.25) is 0 Å². The Morgan fingerprint density at radius 1 is 0.906 bits per heavy atom. The Labute approximate surface area is 188 Å². The maximum absolute atomic E-state index is 13.1. The van der Waals surface area contributed by atoms with Crippen LogP contribution in [0, 0.1) is 6.92 Å². The number of carbonyl (C=O) groups is 1. The van der Waals surface area contributed by atoms with E-state index in [-0.39, 0.29) is 11.3 Å². The summed E-state index contributed by atoms with van der Waals surface area (Å²) < 4.78 is 39.3. The SMILES string of the molecule is COc1ccc(S(=O)(=O)N[C@H](Cc2ccccc2)C(=O)Nc2ccccc2OC)cc1C. The first-order chi connectivity index (χ1) is 15.3. The molecule has 0 aromatic heterocycles. The van der Waals surface area contributed by atoms with Gasteiger partial charge in [0.15, 0.2) is 0 Å². The molecular formula is C24H26N2O5S. The number of carbonyl (C=O) groups excluding carboxylic acids is 1. The Morgan fingerprint density at radius 2 is 1.56 bits per heavy atom. The number of amides is 1. The Hall–Kier alpha value is -3.36. The molecule has 2 N–H and O–H groups in total. The number of benzene rings is 3. The van der Waals surface area contributed by atoms with Crippen molar-refractivity contribution in [1.82, 2.24) is 4.72 Å². The van der Waals surface area contributed by atoms with Crippen LogP contribution in [-0.4, -0.2) is 34.6 Å². The van der Waals surface area contributed by atoms with Crippen molar-refractivity contribution in [2.45, 2.75) is 24.3 Å². The largest absolute Gasteiger partial charge is 0.496 e. The topological polar surface area (TPSA) is 93.7 Å². The first-order valence-corrected chi connectivity index (χ1v) is 11.5. The van der Waals surface area contributed by atoms with E-state index in [1.54, 1.807) is 37.3 Å². The van der Waals surface area contributed by atoms with Crippen LogP contribution in [0.5, 0.6) is 11.5 Å². The normalized spacial score (nSPS) is 12.1. The Morgan fingerprint density at radius 3 is 2.22 bits per heavy atom. The summed E-state index contributed by atoms with van der Waals surface area (Å²) in [4.78, 5) is 13.2. The van der Waals surface area contributed by atoms with Gasteiger partial charge in [0.05, 0.1) is 24.8 Å². The van der Waals surface area contributed by atoms with Crippen molar-refractivity contribution in [3.63, 3.8) is 0 Å². The summed E-state index contributed by atoms with van der Waals surface area (Å²) in [6.07, 6.45) is 0.177. The second-order valence-electron chi connectivity index (χ2n) is 7.18. The molecule has 0 aliphatic heterocycles. The van der Waals surface area contributed by atoms with E-state index in [2.05, 4.69) is 10.0 Å². The van der Waals surface area contributed by atoms with Gasteiger partial charge >= 0.3 is 0 Å². The molecule has 32 heavy (non-hydrogen) atoms. The van der Waals surface area contributed by atoms with Crippen molar-refractivity contribution >= 4 is 21.6 Å². The Balaban J connectivity index is 1.90. The minimum Gasteiger partial charge on any atom is -0.496 e. The fourth-order valence-electron chi connectivity index (χ4n) is 3.28. The van der Waals surface area contributed by atoms with Crippen LogP contribution in [-0.2, 0) is 21.2 Å². The van der Waals surface area contributed by atoms with Gasteiger partial charge in [-0.05, 0) is 54.8 Å². The average Bonchev–Trinajstić information content (AvgIpc) is 2.79. The fraction of sp³-hybridized carbons (Fsp3) is 0.208. The molecule has 0 saturated heterocycles. The van der Waals surface area contributed by atoms with Gasteiger partial charge in [-0.1, -0.05) is 42.5 Å². The highest BCUT2D eigenvalue weighted by Gasteiger charge is 2.27. The number of rotatable bonds is 9. The summed E-state index contributed by atoms with van der Waals surface area (Å²) in [6, 6.07) is 19.7. The number of anilines is 1. The van der Waals surface area contributed by atoms with E-state index in [4.69, 9.17) is 9.47 Å². The maximum Gasteiger partial charge on any atom is 0.243 e. The molecule has 0 bridgehead atoms. The van der Waals surface area contributed by atoms with Gasteiger partial charge < -0.3 is 14.8 Å². The van der Waals surface area contributed by atoms with Crippen LogP contribution < -0.4 is 19.5 Å². The predicted octanol–water partition coefficient (Wildman–Crippen LogP) is 3.54. The summed E-state index contributed by atoms with van der Waals surface area (Å²) in [5.41, 5.74) is 1.95. The van der Waals surface area contributed by atoms with E-state index >= 15 is 0 Å². The van der Waals surface area contributed by atoms with Gasteiger partial charge in [0, 0.05) is 0 Å². The predicted molar refractivity (Wildman–Crippen MR) is 124 cm³/mol. The standard InChI is InChI=1S/C24H26N2O5S/c1-17-15-19(13-14-22(17)30-2)32(28,29)26-21(16-18-9-5-4-6-10-18)24(27)25-20-11-7-8-12-23(20)31-3/h4-15,21,26H,16H2,1-3H3,(H,25,27)/t21-/m1/s1. The zero-order chi connectivity index (χ0) is 23.1. The quantitative estimate of drug-likeness (QED) is 0.516. The van der Waals surface area contributed by atoms with Gasteiger partial charge in [-0.25, -0.2) is 8.42 Å². The number of methoxy groups -OCH3 is 2. The van der Waals surface area contributed by atoms with Gasteiger partial charge in [0.25, 0.3) is 0 Å². The highest BCUT2D eigenvalue weighted by Crippen LogP contribution is 2.24. The van der Waals surface area contributed by atoms with Crippen molar-refractivity contribution < 1.29 is 22.7 Å². The molecular weight excluding hydrogens is 428 g/mol.